The van der Waals surface area contributed by atoms with E-state index in [1.165, 1.54) is 11.4 Å². The Bertz CT molecular complexity index is 226. The number of nitrogens with zero attached hydrogens (tertiary/aromatic N) is 1. The van der Waals surface area contributed by atoms with Gasteiger partial charge >= 0.3 is 10.2 Å². The summed E-state index contributed by atoms with van der Waals surface area (Å²) in [4.78, 5) is 6.73. The Labute approximate surface area is 85.3 Å². The van der Waals surface area contributed by atoms with Crippen LogP contribution in [0, 0.1) is 0 Å². The Hall–Kier alpha value is -0.210. The second-order valence-corrected chi connectivity index (χ2v) is 4.15. The normalized spacial score (nSPS) is 12.3. The SMILES string of the molecule is CCN(CC)S(=O)(=O)NOCCOC. The fourth-order valence-electron chi connectivity index (χ4n) is 0.857. The molecular formula is C7H18N2O4S. The zero-order chi connectivity index (χ0) is 11.0. The standard InChI is InChI=1S/C7H18N2O4S/c1-4-9(5-2)14(10,11)8-13-7-6-12-3/h8H,4-7H2,1-3H3. The fraction of sp³-hybridized carbons (Fsp3) is 1.00. The third-order valence-corrected chi connectivity index (χ3v) is 3.12. The van der Waals surface area contributed by atoms with E-state index in [9.17, 15) is 8.42 Å². The van der Waals surface area contributed by atoms with E-state index in [4.69, 9.17) is 9.57 Å². The second kappa shape index (κ2) is 7.13. The molecule has 0 rings (SSSR count). The molecule has 6 nitrogen and oxygen atoms in total. The summed E-state index contributed by atoms with van der Waals surface area (Å²) in [6.45, 7) is 4.90. The zero-order valence-corrected chi connectivity index (χ0v) is 9.63. The molecular weight excluding hydrogens is 208 g/mol. The maximum absolute atomic E-state index is 11.4. The average Bonchev–Trinajstić information content (AvgIpc) is 2.14. The molecule has 0 atom stereocenters. The minimum absolute atomic E-state index is 0.191. The predicted octanol–water partition coefficient (Wildman–Crippen LogP) is -0.259. The van der Waals surface area contributed by atoms with E-state index in [-0.39, 0.29) is 6.61 Å². The first-order chi connectivity index (χ1) is 6.58. The molecule has 0 amide bonds. The van der Waals surface area contributed by atoms with E-state index in [2.05, 4.69) is 0 Å². The molecule has 0 aromatic carbocycles. The van der Waals surface area contributed by atoms with Crippen LogP contribution < -0.4 is 4.89 Å². The van der Waals surface area contributed by atoms with Gasteiger partial charge in [0.1, 0.15) is 0 Å². The van der Waals surface area contributed by atoms with Crippen LogP contribution in [0.4, 0.5) is 0 Å². The number of hydrogen-bond acceptors (Lipinski definition) is 4. The van der Waals surface area contributed by atoms with Crippen molar-refractivity contribution in [2.24, 2.45) is 0 Å². The summed E-state index contributed by atoms with van der Waals surface area (Å²) in [7, 11) is -1.98. The van der Waals surface area contributed by atoms with Crippen LogP contribution in [0.25, 0.3) is 0 Å². The van der Waals surface area contributed by atoms with Gasteiger partial charge in [-0.1, -0.05) is 18.7 Å². The van der Waals surface area contributed by atoms with Gasteiger partial charge in [-0.15, -0.1) is 0 Å². The first-order valence-corrected chi connectivity index (χ1v) is 5.90. The Balaban J connectivity index is 3.94. The summed E-state index contributed by atoms with van der Waals surface area (Å²) in [5.74, 6) is 0. The maximum Gasteiger partial charge on any atom is 0.301 e. The van der Waals surface area contributed by atoms with E-state index in [1.807, 2.05) is 4.89 Å². The van der Waals surface area contributed by atoms with E-state index in [0.29, 0.717) is 19.7 Å². The van der Waals surface area contributed by atoms with Crippen LogP contribution in [0.15, 0.2) is 0 Å². The molecule has 86 valence electrons. The van der Waals surface area contributed by atoms with E-state index in [1.54, 1.807) is 13.8 Å². The van der Waals surface area contributed by atoms with Crippen LogP contribution in [0.3, 0.4) is 0 Å². The minimum Gasteiger partial charge on any atom is -0.382 e. The summed E-state index contributed by atoms with van der Waals surface area (Å²) >= 11 is 0. The van der Waals surface area contributed by atoms with Gasteiger partial charge in [0.25, 0.3) is 0 Å². The van der Waals surface area contributed by atoms with Crippen molar-refractivity contribution < 1.29 is 18.0 Å². The molecule has 0 aliphatic rings. The van der Waals surface area contributed by atoms with Crippen molar-refractivity contribution >= 4 is 10.2 Å². The topological polar surface area (TPSA) is 67.9 Å². The van der Waals surface area contributed by atoms with Gasteiger partial charge in [0.2, 0.25) is 0 Å². The van der Waals surface area contributed by atoms with Crippen molar-refractivity contribution in [2.45, 2.75) is 13.8 Å². The fourth-order valence-corrected chi connectivity index (χ4v) is 1.87. The summed E-state index contributed by atoms with van der Waals surface area (Å²) in [6.07, 6.45) is 0. The third kappa shape index (κ3) is 4.87. The molecule has 0 bridgehead atoms. The largest absolute Gasteiger partial charge is 0.382 e. The van der Waals surface area contributed by atoms with Crippen molar-refractivity contribution in [3.05, 3.63) is 0 Å². The number of nitrogens with one attached hydrogen (secondary N) is 1. The highest BCUT2D eigenvalue weighted by atomic mass is 32.2. The maximum atomic E-state index is 11.4. The lowest BCUT2D eigenvalue weighted by molar-refractivity contribution is 0.0411. The van der Waals surface area contributed by atoms with Gasteiger partial charge in [-0.05, 0) is 0 Å². The smallest absolute Gasteiger partial charge is 0.301 e. The lowest BCUT2D eigenvalue weighted by atomic mass is 10.7. The van der Waals surface area contributed by atoms with Crippen LogP contribution in [0.1, 0.15) is 13.8 Å². The lowest BCUT2D eigenvalue weighted by Crippen LogP contribution is -2.40. The van der Waals surface area contributed by atoms with Gasteiger partial charge in [0, 0.05) is 20.2 Å². The van der Waals surface area contributed by atoms with Crippen molar-refractivity contribution in [3.8, 4) is 0 Å². The Kier molecular flexibility index (Phi) is 7.02. The molecule has 0 unspecified atom stereocenters. The summed E-state index contributed by atoms with van der Waals surface area (Å²) in [5, 5.41) is 0. The van der Waals surface area contributed by atoms with Crippen molar-refractivity contribution in [3.63, 3.8) is 0 Å². The van der Waals surface area contributed by atoms with Gasteiger partial charge in [0.05, 0.1) is 13.2 Å². The quantitative estimate of drug-likeness (QED) is 0.457. The molecule has 0 saturated carbocycles. The van der Waals surface area contributed by atoms with Gasteiger partial charge in [-0.2, -0.15) is 12.7 Å². The molecule has 14 heavy (non-hydrogen) atoms. The molecule has 0 aromatic heterocycles. The molecule has 7 heteroatoms. The average molecular weight is 226 g/mol. The van der Waals surface area contributed by atoms with E-state index < -0.39 is 10.2 Å². The number of ether oxygens (including phenoxy) is 1. The Morgan fingerprint density at radius 2 is 1.79 bits per heavy atom. The summed E-state index contributed by atoms with van der Waals surface area (Å²) in [6, 6.07) is 0. The predicted molar refractivity (Wildman–Crippen MR) is 52.8 cm³/mol. The highest BCUT2D eigenvalue weighted by Gasteiger charge is 2.17. The van der Waals surface area contributed by atoms with Crippen LogP contribution in [-0.4, -0.2) is 46.1 Å². The molecule has 1 N–H and O–H groups in total. The van der Waals surface area contributed by atoms with Gasteiger partial charge in [-0.3, -0.25) is 4.84 Å². The second-order valence-electron chi connectivity index (χ2n) is 2.51. The molecule has 0 spiro atoms. The Morgan fingerprint density at radius 3 is 2.21 bits per heavy atom. The molecule has 0 aromatic rings. The van der Waals surface area contributed by atoms with E-state index >= 15 is 0 Å². The van der Waals surface area contributed by atoms with Gasteiger partial charge in [0.15, 0.2) is 0 Å². The van der Waals surface area contributed by atoms with Crippen LogP contribution in [0.5, 0.6) is 0 Å². The summed E-state index contributed by atoms with van der Waals surface area (Å²) < 4.78 is 28.8. The van der Waals surface area contributed by atoms with E-state index in [0.717, 1.165) is 0 Å². The summed E-state index contributed by atoms with van der Waals surface area (Å²) in [5.41, 5.74) is 0. The monoisotopic (exact) mass is 226 g/mol. The Morgan fingerprint density at radius 1 is 1.21 bits per heavy atom. The van der Waals surface area contributed by atoms with Crippen LogP contribution in [0.2, 0.25) is 0 Å². The number of hydrogen-bond donors (Lipinski definition) is 1. The highest BCUT2D eigenvalue weighted by Crippen LogP contribution is 1.95. The first kappa shape index (κ1) is 13.8. The van der Waals surface area contributed by atoms with Crippen molar-refractivity contribution in [1.29, 1.82) is 0 Å². The zero-order valence-electron chi connectivity index (χ0n) is 8.82. The highest BCUT2D eigenvalue weighted by molar-refractivity contribution is 7.87. The van der Waals surface area contributed by atoms with Crippen molar-refractivity contribution in [2.75, 3.05) is 33.4 Å². The molecule has 0 aliphatic carbocycles. The van der Waals surface area contributed by atoms with Crippen LogP contribution in [-0.2, 0) is 19.8 Å². The molecule has 0 saturated heterocycles. The first-order valence-electron chi connectivity index (χ1n) is 4.46. The number of methoxy groups -OCH3 is 1. The van der Waals surface area contributed by atoms with Gasteiger partial charge < -0.3 is 4.74 Å². The van der Waals surface area contributed by atoms with Crippen molar-refractivity contribution in [1.82, 2.24) is 9.19 Å². The minimum atomic E-state index is -3.50. The third-order valence-electron chi connectivity index (χ3n) is 1.60. The molecule has 0 radical (unpaired) electrons. The van der Waals surface area contributed by atoms with Gasteiger partial charge in [-0.25, -0.2) is 0 Å². The van der Waals surface area contributed by atoms with Crippen LogP contribution >= 0.6 is 0 Å². The molecule has 0 heterocycles. The molecule has 0 fully saturated rings. The lowest BCUT2D eigenvalue weighted by Gasteiger charge is -2.18. The molecule has 0 aliphatic heterocycles. The number of rotatable bonds is 8.